The summed E-state index contributed by atoms with van der Waals surface area (Å²) in [4.78, 5) is 28.2. The van der Waals surface area contributed by atoms with Gasteiger partial charge in [0.2, 0.25) is 0 Å². The van der Waals surface area contributed by atoms with E-state index < -0.39 is 11.8 Å². The van der Waals surface area contributed by atoms with E-state index in [9.17, 15) is 14.9 Å². The Kier molecular flexibility index (Phi) is 8.63. The van der Waals surface area contributed by atoms with E-state index in [1.54, 1.807) is 30.9 Å². The number of benzene rings is 3. The van der Waals surface area contributed by atoms with E-state index in [0.717, 1.165) is 27.5 Å². The third kappa shape index (κ3) is 6.16. The van der Waals surface area contributed by atoms with E-state index >= 15 is 0 Å². The lowest BCUT2D eigenvalue weighted by atomic mass is 9.93. The van der Waals surface area contributed by atoms with Crippen LogP contribution in [0.3, 0.4) is 0 Å². The number of para-hydroxylation sites is 1. The molecule has 0 saturated carbocycles. The van der Waals surface area contributed by atoms with E-state index in [4.69, 9.17) is 14.6 Å². The lowest BCUT2D eigenvalue weighted by molar-refractivity contribution is -0.140. The molecule has 8 nitrogen and oxygen atoms in total. The third-order valence-electron chi connectivity index (χ3n) is 7.17. The molecule has 1 aromatic heterocycles. The Labute approximate surface area is 250 Å². The molecule has 0 spiro atoms. The van der Waals surface area contributed by atoms with Gasteiger partial charge in [-0.05, 0) is 79.1 Å². The van der Waals surface area contributed by atoms with Gasteiger partial charge in [0, 0.05) is 29.4 Å². The van der Waals surface area contributed by atoms with Crippen LogP contribution >= 0.6 is 0 Å². The van der Waals surface area contributed by atoms with Crippen LogP contribution in [-0.2, 0) is 16.0 Å². The van der Waals surface area contributed by atoms with E-state index in [1.165, 1.54) is 0 Å². The summed E-state index contributed by atoms with van der Waals surface area (Å²) in [5, 5.41) is 14.7. The molecule has 4 aromatic rings. The largest absolute Gasteiger partial charge is 0.497 e. The minimum atomic E-state index is -0.592. The molecule has 8 heteroatoms. The van der Waals surface area contributed by atoms with Crippen molar-refractivity contribution in [3.8, 4) is 34.5 Å². The Morgan fingerprint density at radius 2 is 1.65 bits per heavy atom. The van der Waals surface area contributed by atoms with Gasteiger partial charge in [0.1, 0.15) is 29.7 Å². The smallest absolute Gasteiger partial charge is 0.271 e. The van der Waals surface area contributed by atoms with Crippen LogP contribution in [0, 0.1) is 11.3 Å². The van der Waals surface area contributed by atoms with Crippen LogP contribution in [0.25, 0.3) is 23.0 Å². The minimum Gasteiger partial charge on any atom is -0.497 e. The minimum absolute atomic E-state index is 0.0543. The summed E-state index contributed by atoms with van der Waals surface area (Å²) in [6.45, 7) is 5.83. The van der Waals surface area contributed by atoms with Gasteiger partial charge < -0.3 is 9.47 Å². The van der Waals surface area contributed by atoms with Crippen molar-refractivity contribution in [3.63, 3.8) is 0 Å². The third-order valence-corrected chi connectivity index (χ3v) is 7.17. The van der Waals surface area contributed by atoms with Gasteiger partial charge in [0.05, 0.1) is 18.5 Å². The maximum Gasteiger partial charge on any atom is 0.271 e. The van der Waals surface area contributed by atoms with E-state index in [-0.39, 0.29) is 17.7 Å². The Balaban J connectivity index is 1.54. The summed E-state index contributed by atoms with van der Waals surface area (Å²) < 4.78 is 12.6. The number of rotatable bonds is 10. The van der Waals surface area contributed by atoms with E-state index in [2.05, 4.69) is 6.58 Å². The van der Waals surface area contributed by atoms with Crippen molar-refractivity contribution in [3.05, 3.63) is 126 Å². The number of ether oxygens (including phenoxy) is 2. The van der Waals surface area contributed by atoms with Crippen LogP contribution in [0.15, 0.2) is 114 Å². The molecule has 2 amide bonds. The summed E-state index contributed by atoms with van der Waals surface area (Å²) >= 11 is 0. The van der Waals surface area contributed by atoms with Gasteiger partial charge in [-0.15, -0.1) is 0 Å². The zero-order valence-corrected chi connectivity index (χ0v) is 24.0. The normalized spacial score (nSPS) is 14.2. The number of nitriles is 1. The summed E-state index contributed by atoms with van der Waals surface area (Å²) in [5.41, 5.74) is 4.43. The van der Waals surface area contributed by atoms with E-state index in [1.807, 2.05) is 91.1 Å². The zero-order chi connectivity index (χ0) is 30.3. The van der Waals surface area contributed by atoms with Crippen molar-refractivity contribution >= 4 is 17.9 Å². The molecule has 0 N–H and O–H groups in total. The first-order valence-electron chi connectivity index (χ1n) is 13.7. The quantitative estimate of drug-likeness (QED) is 0.133. The summed E-state index contributed by atoms with van der Waals surface area (Å²) in [7, 11) is 1.59. The predicted octanol–water partition coefficient (Wildman–Crippen LogP) is 5.95. The fraction of sp³-hybridized carbons (Fsp3) is 0.143. The van der Waals surface area contributed by atoms with Crippen LogP contribution in [0.5, 0.6) is 11.5 Å². The number of imide groups is 1. The van der Waals surface area contributed by atoms with E-state index in [0.29, 0.717) is 35.6 Å². The average Bonchev–Trinajstić information content (AvgIpc) is 3.47. The summed E-state index contributed by atoms with van der Waals surface area (Å²) in [6.07, 6.45) is 5.66. The second-order valence-electron chi connectivity index (χ2n) is 9.87. The van der Waals surface area contributed by atoms with Crippen molar-refractivity contribution in [2.45, 2.75) is 13.3 Å². The first-order chi connectivity index (χ1) is 20.9. The van der Waals surface area contributed by atoms with Crippen molar-refractivity contribution < 1.29 is 19.1 Å². The second-order valence-corrected chi connectivity index (χ2v) is 9.87. The molecule has 1 aliphatic rings. The molecule has 0 atom stereocenters. The Morgan fingerprint density at radius 1 is 0.953 bits per heavy atom. The first-order valence-corrected chi connectivity index (χ1v) is 13.7. The topological polar surface area (TPSA) is 97.4 Å². The zero-order valence-electron chi connectivity index (χ0n) is 24.0. The summed E-state index contributed by atoms with van der Waals surface area (Å²) in [5.74, 6) is 0.361. The molecular weight excluding hydrogens is 540 g/mol. The Morgan fingerprint density at radius 3 is 2.30 bits per heavy atom. The Bertz CT molecular complexity index is 1760. The number of carbonyl (C=O) groups is 2. The van der Waals surface area contributed by atoms with Crippen LogP contribution in [0.1, 0.15) is 18.1 Å². The monoisotopic (exact) mass is 570 g/mol. The van der Waals surface area contributed by atoms with Crippen LogP contribution in [0.2, 0.25) is 0 Å². The molecule has 2 heterocycles. The average molecular weight is 571 g/mol. The van der Waals surface area contributed by atoms with Gasteiger partial charge in [-0.3, -0.25) is 14.5 Å². The second kappa shape index (κ2) is 12.9. The SMILES string of the molecule is C=CCOc1ccc(-c2nn(-c3ccccc3)cc2/C=C2/C(=O)N(CCc3ccc(OC)cc3)C(=O)C(C#N)=C2C)cc1. The number of aromatic nitrogens is 2. The van der Waals surface area contributed by atoms with Crippen LogP contribution in [0.4, 0.5) is 0 Å². The highest BCUT2D eigenvalue weighted by molar-refractivity contribution is 6.19. The van der Waals surface area contributed by atoms with Gasteiger partial charge in [0.15, 0.2) is 0 Å². The molecule has 5 rings (SSSR count). The Hall–Kier alpha value is -5.68. The van der Waals surface area contributed by atoms with Gasteiger partial charge >= 0.3 is 0 Å². The molecule has 0 bridgehead atoms. The van der Waals surface area contributed by atoms with Gasteiger partial charge in [-0.2, -0.15) is 10.4 Å². The van der Waals surface area contributed by atoms with Crippen LogP contribution in [-0.4, -0.2) is 46.8 Å². The highest BCUT2D eigenvalue weighted by Gasteiger charge is 2.35. The van der Waals surface area contributed by atoms with Gasteiger partial charge in [0.25, 0.3) is 11.8 Å². The standard InChI is InChI=1S/C35H30N4O4/c1-4-20-43-30-16-12-26(13-17-30)33-27(23-39(37-33)28-8-6-5-7-9-28)21-31-24(2)32(22-36)35(41)38(34(31)40)19-18-25-10-14-29(42-3)15-11-25/h4-17,21,23H,1,18-20H2,2-3H3/b31-21+. The summed E-state index contributed by atoms with van der Waals surface area (Å²) in [6, 6.07) is 26.6. The number of methoxy groups -OCH3 is 1. The van der Waals surface area contributed by atoms with Gasteiger partial charge in [-0.1, -0.05) is 43.0 Å². The molecule has 214 valence electrons. The molecule has 43 heavy (non-hydrogen) atoms. The number of amides is 2. The predicted molar refractivity (Wildman–Crippen MR) is 164 cm³/mol. The molecule has 0 saturated heterocycles. The lowest BCUT2D eigenvalue weighted by Gasteiger charge is -2.27. The number of nitrogens with zero attached hydrogens (tertiary/aromatic N) is 4. The number of hydrogen-bond donors (Lipinski definition) is 0. The first kappa shape index (κ1) is 28.8. The molecule has 0 unspecified atom stereocenters. The number of carbonyl (C=O) groups excluding carboxylic acids is 2. The molecular formula is C35H30N4O4. The fourth-order valence-corrected chi connectivity index (χ4v) is 4.82. The highest BCUT2D eigenvalue weighted by Crippen LogP contribution is 2.32. The van der Waals surface area contributed by atoms with Crippen molar-refractivity contribution in [2.24, 2.45) is 0 Å². The highest BCUT2D eigenvalue weighted by atomic mass is 16.5. The van der Waals surface area contributed by atoms with Gasteiger partial charge in [-0.25, -0.2) is 4.68 Å². The molecule has 3 aromatic carbocycles. The van der Waals surface area contributed by atoms with Crippen molar-refractivity contribution in [1.82, 2.24) is 14.7 Å². The number of hydrogen-bond acceptors (Lipinski definition) is 6. The van der Waals surface area contributed by atoms with Crippen molar-refractivity contribution in [1.29, 1.82) is 5.26 Å². The fourth-order valence-electron chi connectivity index (χ4n) is 4.82. The van der Waals surface area contributed by atoms with Crippen LogP contribution < -0.4 is 9.47 Å². The van der Waals surface area contributed by atoms with Crippen molar-refractivity contribution in [2.75, 3.05) is 20.3 Å². The molecule has 0 radical (unpaired) electrons. The molecule has 0 fully saturated rings. The lowest BCUT2D eigenvalue weighted by Crippen LogP contribution is -2.43. The maximum absolute atomic E-state index is 13.8. The molecule has 0 aliphatic carbocycles. The molecule has 1 aliphatic heterocycles. The maximum atomic E-state index is 13.8.